The van der Waals surface area contributed by atoms with Gasteiger partial charge in [0.05, 0.1) is 15.4 Å². The van der Waals surface area contributed by atoms with E-state index in [1.165, 1.54) is 4.88 Å². The highest BCUT2D eigenvalue weighted by Gasteiger charge is 2.39. The molecule has 2 aromatic heterocycles. The van der Waals surface area contributed by atoms with Gasteiger partial charge in [0.1, 0.15) is 4.90 Å². The van der Waals surface area contributed by atoms with Gasteiger partial charge in [-0.1, -0.05) is 41.5 Å². The van der Waals surface area contributed by atoms with E-state index in [1.807, 2.05) is 6.07 Å². The fourth-order valence-corrected chi connectivity index (χ4v) is 7.59. The summed E-state index contributed by atoms with van der Waals surface area (Å²) in [5.41, 5.74) is 0.877. The summed E-state index contributed by atoms with van der Waals surface area (Å²) >= 11 is 3.39. The Kier molecular flexibility index (Phi) is 4.60. The molecule has 0 aromatic carbocycles. The van der Waals surface area contributed by atoms with Crippen LogP contribution in [-0.4, -0.2) is 15.0 Å². The van der Waals surface area contributed by atoms with Gasteiger partial charge < -0.3 is 0 Å². The van der Waals surface area contributed by atoms with Crippen LogP contribution in [0.25, 0.3) is 9.75 Å². The largest absolute Gasteiger partial charge is 0.265 e. The van der Waals surface area contributed by atoms with Crippen molar-refractivity contribution < 1.29 is 8.42 Å². The summed E-state index contributed by atoms with van der Waals surface area (Å²) in [7, 11) is -3.47. The summed E-state index contributed by atoms with van der Waals surface area (Å²) in [5, 5.41) is 0. The minimum Gasteiger partial charge on any atom is -0.265 e. The lowest BCUT2D eigenvalue weighted by atomic mass is 10.1. The molecule has 0 aliphatic carbocycles. The zero-order valence-electron chi connectivity index (χ0n) is 15.1. The molecule has 3 heterocycles. The van der Waals surface area contributed by atoms with E-state index in [0.29, 0.717) is 23.3 Å². The van der Waals surface area contributed by atoms with Crippen LogP contribution in [0.4, 0.5) is 5.69 Å². The SMILES string of the molecule is CC(C)CN1c2cc(C(C)C)sc2-c2sc(C(C)C)cc2S1(=O)=O. The maximum atomic E-state index is 13.3. The van der Waals surface area contributed by atoms with E-state index in [0.717, 1.165) is 20.3 Å². The molecule has 0 saturated carbocycles. The van der Waals surface area contributed by atoms with E-state index in [9.17, 15) is 8.42 Å². The number of hydrogen-bond donors (Lipinski definition) is 0. The van der Waals surface area contributed by atoms with Crippen LogP contribution in [0.3, 0.4) is 0 Å². The van der Waals surface area contributed by atoms with Gasteiger partial charge in [-0.3, -0.25) is 4.31 Å². The van der Waals surface area contributed by atoms with Crippen LogP contribution in [-0.2, 0) is 10.0 Å². The van der Waals surface area contributed by atoms with Crippen LogP contribution >= 0.6 is 22.7 Å². The van der Waals surface area contributed by atoms with E-state index in [2.05, 4.69) is 47.6 Å². The molecule has 24 heavy (non-hydrogen) atoms. The molecule has 132 valence electrons. The van der Waals surface area contributed by atoms with E-state index < -0.39 is 10.0 Å². The van der Waals surface area contributed by atoms with Crippen LogP contribution in [0.1, 0.15) is 63.1 Å². The van der Waals surface area contributed by atoms with E-state index in [4.69, 9.17) is 0 Å². The first-order valence-electron chi connectivity index (χ1n) is 8.43. The van der Waals surface area contributed by atoms with Crippen molar-refractivity contribution in [3.05, 3.63) is 21.9 Å². The van der Waals surface area contributed by atoms with Crippen molar-refractivity contribution in [2.24, 2.45) is 5.92 Å². The van der Waals surface area contributed by atoms with Gasteiger partial charge in [0.2, 0.25) is 0 Å². The van der Waals surface area contributed by atoms with Crippen LogP contribution in [0.2, 0.25) is 0 Å². The third-order valence-corrected chi connectivity index (χ3v) is 9.12. The van der Waals surface area contributed by atoms with Gasteiger partial charge in [0.15, 0.2) is 0 Å². The van der Waals surface area contributed by atoms with Crippen molar-refractivity contribution in [1.29, 1.82) is 0 Å². The molecule has 6 heteroatoms. The number of thiophene rings is 2. The molecule has 0 amide bonds. The Morgan fingerprint density at radius 1 is 0.917 bits per heavy atom. The lowest BCUT2D eigenvalue weighted by molar-refractivity contribution is 0.577. The second-order valence-electron chi connectivity index (χ2n) is 7.44. The second kappa shape index (κ2) is 6.15. The normalized spacial score (nSPS) is 16.1. The zero-order valence-corrected chi connectivity index (χ0v) is 17.5. The maximum absolute atomic E-state index is 13.3. The molecule has 0 spiro atoms. The maximum Gasteiger partial charge on any atom is 0.265 e. The number of nitrogens with zero attached hydrogens (tertiary/aromatic N) is 1. The molecule has 0 bridgehead atoms. The Bertz CT molecular complexity index is 857. The molecule has 1 aliphatic heterocycles. The highest BCUT2D eigenvalue weighted by Crippen LogP contribution is 2.53. The Morgan fingerprint density at radius 3 is 2.00 bits per heavy atom. The first-order chi connectivity index (χ1) is 11.1. The molecular weight excluding hydrogens is 358 g/mol. The zero-order chi connectivity index (χ0) is 17.8. The number of fused-ring (bicyclic) bond motifs is 3. The van der Waals surface area contributed by atoms with Crippen LogP contribution in [0, 0.1) is 5.92 Å². The molecule has 3 rings (SSSR count). The van der Waals surface area contributed by atoms with Crippen molar-refractivity contribution in [2.75, 3.05) is 10.8 Å². The van der Waals surface area contributed by atoms with Gasteiger partial charge in [-0.15, -0.1) is 22.7 Å². The van der Waals surface area contributed by atoms with Crippen molar-refractivity contribution in [1.82, 2.24) is 0 Å². The molecule has 0 atom stereocenters. The molecule has 1 aliphatic rings. The van der Waals surface area contributed by atoms with Crippen LogP contribution < -0.4 is 4.31 Å². The Morgan fingerprint density at radius 2 is 1.46 bits per heavy atom. The summed E-state index contributed by atoms with van der Waals surface area (Å²) in [4.78, 5) is 4.95. The van der Waals surface area contributed by atoms with Crippen molar-refractivity contribution in [2.45, 2.75) is 58.3 Å². The summed E-state index contributed by atoms with van der Waals surface area (Å²) in [6.45, 7) is 13.2. The summed E-state index contributed by atoms with van der Waals surface area (Å²) in [6.07, 6.45) is 0. The second-order valence-corrected chi connectivity index (χ2v) is 11.4. The molecule has 2 aromatic rings. The van der Waals surface area contributed by atoms with E-state index in [1.54, 1.807) is 27.0 Å². The fraction of sp³-hybridized carbons (Fsp3) is 0.556. The van der Waals surface area contributed by atoms with E-state index in [-0.39, 0.29) is 5.92 Å². The summed E-state index contributed by atoms with van der Waals surface area (Å²) in [6, 6.07) is 3.98. The quantitative estimate of drug-likeness (QED) is 0.660. The number of hydrogen-bond acceptors (Lipinski definition) is 4. The van der Waals surface area contributed by atoms with Gasteiger partial charge in [0, 0.05) is 16.3 Å². The fourth-order valence-electron chi connectivity index (χ4n) is 2.84. The molecule has 0 saturated heterocycles. The lowest BCUT2D eigenvalue weighted by Gasteiger charge is -2.29. The average molecular weight is 384 g/mol. The molecule has 0 N–H and O–H groups in total. The molecule has 3 nitrogen and oxygen atoms in total. The van der Waals surface area contributed by atoms with Gasteiger partial charge in [-0.2, -0.15) is 0 Å². The number of sulfonamides is 1. The van der Waals surface area contributed by atoms with Crippen LogP contribution in [0.15, 0.2) is 17.0 Å². The van der Waals surface area contributed by atoms with E-state index >= 15 is 0 Å². The smallest absolute Gasteiger partial charge is 0.265 e. The summed E-state index contributed by atoms with van der Waals surface area (Å²) < 4.78 is 28.1. The topological polar surface area (TPSA) is 37.4 Å². The van der Waals surface area contributed by atoms with Crippen molar-refractivity contribution in [3.63, 3.8) is 0 Å². The first-order valence-corrected chi connectivity index (χ1v) is 11.5. The minimum absolute atomic E-state index is 0.278. The Balaban J connectivity index is 2.27. The molecule has 0 fully saturated rings. The monoisotopic (exact) mass is 383 g/mol. The summed E-state index contributed by atoms with van der Waals surface area (Å²) in [5.74, 6) is 1.01. The highest BCUT2D eigenvalue weighted by atomic mass is 32.2. The predicted octanol–water partition coefficient (Wildman–Crippen LogP) is 5.89. The third kappa shape index (κ3) is 2.82. The molecule has 0 unspecified atom stereocenters. The first kappa shape index (κ1) is 18.0. The lowest BCUT2D eigenvalue weighted by Crippen LogP contribution is -2.36. The number of rotatable bonds is 4. The van der Waals surface area contributed by atoms with Gasteiger partial charge in [-0.05, 0) is 29.9 Å². The highest BCUT2D eigenvalue weighted by molar-refractivity contribution is 7.93. The predicted molar refractivity (Wildman–Crippen MR) is 105 cm³/mol. The van der Waals surface area contributed by atoms with Crippen LogP contribution in [0.5, 0.6) is 0 Å². The molecule has 0 radical (unpaired) electrons. The number of anilines is 1. The van der Waals surface area contributed by atoms with Crippen molar-refractivity contribution in [3.8, 4) is 9.75 Å². The standard InChI is InChI=1S/C18H25NO2S3/c1-10(2)9-19-13-7-14(11(3)4)22-17(13)18-16(24(19,20)21)8-15(23-18)12(5)6/h7-8,10-12H,9H2,1-6H3. The average Bonchev–Trinajstić information content (AvgIpc) is 3.07. The van der Waals surface area contributed by atoms with Gasteiger partial charge in [0.25, 0.3) is 10.0 Å². The van der Waals surface area contributed by atoms with Crippen molar-refractivity contribution >= 4 is 38.4 Å². The Labute approximate surface area is 153 Å². The third-order valence-electron chi connectivity index (χ3n) is 4.16. The minimum atomic E-state index is -3.47. The van der Waals surface area contributed by atoms with Gasteiger partial charge in [-0.25, -0.2) is 8.42 Å². The Hall–Kier alpha value is -0.850. The molecular formula is C18H25NO2S3. The van der Waals surface area contributed by atoms with Gasteiger partial charge >= 0.3 is 0 Å².